The smallest absolute Gasteiger partial charge is 0.309 e. The van der Waals surface area contributed by atoms with E-state index in [4.69, 9.17) is 4.74 Å². The summed E-state index contributed by atoms with van der Waals surface area (Å²) in [7, 11) is 0. The van der Waals surface area contributed by atoms with E-state index >= 15 is 0 Å². The van der Waals surface area contributed by atoms with Crippen LogP contribution in [0.3, 0.4) is 0 Å². The number of benzene rings is 1. The van der Waals surface area contributed by atoms with Crippen molar-refractivity contribution in [3.05, 3.63) is 48.0 Å². The third-order valence-electron chi connectivity index (χ3n) is 2.30. The zero-order chi connectivity index (χ0) is 12.5. The summed E-state index contributed by atoms with van der Waals surface area (Å²) in [5.74, 6) is -0.238. The van der Waals surface area contributed by atoms with Gasteiger partial charge in [0.25, 0.3) is 0 Å². The molecule has 0 aromatic heterocycles. The Labute approximate surface area is 102 Å². The molecule has 0 spiro atoms. The molecule has 0 bridgehead atoms. The predicted molar refractivity (Wildman–Crippen MR) is 66.4 cm³/mol. The quantitative estimate of drug-likeness (QED) is 0.608. The molecular formula is C14H18O3. The Balaban J connectivity index is 2.31. The fourth-order valence-corrected chi connectivity index (χ4v) is 1.44. The van der Waals surface area contributed by atoms with Crippen LogP contribution in [-0.2, 0) is 9.53 Å². The van der Waals surface area contributed by atoms with Gasteiger partial charge in [-0.3, -0.25) is 4.79 Å². The summed E-state index contributed by atoms with van der Waals surface area (Å²) in [5, 5.41) is 9.82. The van der Waals surface area contributed by atoms with Gasteiger partial charge >= 0.3 is 5.97 Å². The SMILES string of the molecule is CCOC(=O)CC=CC[C@H](O)c1ccccc1. The van der Waals surface area contributed by atoms with Crippen LogP contribution in [0.4, 0.5) is 0 Å². The zero-order valence-electron chi connectivity index (χ0n) is 10.0. The van der Waals surface area contributed by atoms with Crippen LogP contribution in [0.15, 0.2) is 42.5 Å². The van der Waals surface area contributed by atoms with Crippen molar-refractivity contribution in [2.75, 3.05) is 6.61 Å². The summed E-state index contributed by atoms with van der Waals surface area (Å²) in [6.45, 7) is 2.18. The van der Waals surface area contributed by atoms with Gasteiger partial charge < -0.3 is 9.84 Å². The second-order valence-corrected chi connectivity index (χ2v) is 3.64. The molecule has 0 fully saturated rings. The number of ether oxygens (including phenoxy) is 1. The predicted octanol–water partition coefficient (Wildman–Crippen LogP) is 2.62. The molecule has 0 aliphatic heterocycles. The van der Waals surface area contributed by atoms with Crippen LogP contribution >= 0.6 is 0 Å². The van der Waals surface area contributed by atoms with Crippen molar-refractivity contribution in [2.45, 2.75) is 25.9 Å². The second kappa shape index (κ2) is 7.63. The van der Waals surface area contributed by atoms with Gasteiger partial charge in [0.2, 0.25) is 0 Å². The summed E-state index contributed by atoms with van der Waals surface area (Å²) in [6.07, 6.45) is 3.77. The Morgan fingerprint density at radius 3 is 2.71 bits per heavy atom. The highest BCUT2D eigenvalue weighted by Gasteiger charge is 2.03. The topological polar surface area (TPSA) is 46.5 Å². The van der Waals surface area contributed by atoms with E-state index in [9.17, 15) is 9.90 Å². The second-order valence-electron chi connectivity index (χ2n) is 3.64. The zero-order valence-corrected chi connectivity index (χ0v) is 10.0. The van der Waals surface area contributed by atoms with Crippen molar-refractivity contribution in [2.24, 2.45) is 0 Å². The van der Waals surface area contributed by atoms with Crippen molar-refractivity contribution in [1.82, 2.24) is 0 Å². The van der Waals surface area contributed by atoms with Crippen molar-refractivity contribution in [3.8, 4) is 0 Å². The van der Waals surface area contributed by atoms with Crippen LogP contribution in [0.1, 0.15) is 31.4 Å². The number of rotatable bonds is 6. The highest BCUT2D eigenvalue weighted by molar-refractivity contribution is 5.71. The van der Waals surface area contributed by atoms with Gasteiger partial charge in [0, 0.05) is 0 Å². The van der Waals surface area contributed by atoms with E-state index in [2.05, 4.69) is 0 Å². The Morgan fingerprint density at radius 2 is 2.06 bits per heavy atom. The minimum atomic E-state index is -0.519. The average Bonchev–Trinajstić information content (AvgIpc) is 2.36. The van der Waals surface area contributed by atoms with Crippen molar-refractivity contribution in [3.63, 3.8) is 0 Å². The minimum Gasteiger partial charge on any atom is -0.466 e. The van der Waals surface area contributed by atoms with Gasteiger partial charge in [-0.25, -0.2) is 0 Å². The number of aliphatic hydroxyl groups is 1. The number of hydrogen-bond donors (Lipinski definition) is 1. The molecule has 0 radical (unpaired) electrons. The first-order valence-corrected chi connectivity index (χ1v) is 5.77. The number of hydrogen-bond acceptors (Lipinski definition) is 3. The molecule has 3 heteroatoms. The van der Waals surface area contributed by atoms with Gasteiger partial charge in [-0.15, -0.1) is 0 Å². The van der Waals surface area contributed by atoms with Crippen molar-refractivity contribution in [1.29, 1.82) is 0 Å². The number of carbonyl (C=O) groups excluding carboxylic acids is 1. The van der Waals surface area contributed by atoms with Crippen LogP contribution in [0.2, 0.25) is 0 Å². The summed E-state index contributed by atoms with van der Waals surface area (Å²) in [5.41, 5.74) is 0.883. The molecule has 1 aromatic rings. The van der Waals surface area contributed by atoms with E-state index in [1.165, 1.54) is 0 Å². The van der Waals surface area contributed by atoms with E-state index in [0.717, 1.165) is 5.56 Å². The maximum absolute atomic E-state index is 11.0. The molecule has 0 saturated carbocycles. The van der Waals surface area contributed by atoms with Gasteiger partial charge in [-0.2, -0.15) is 0 Å². The molecule has 1 N–H and O–H groups in total. The van der Waals surface area contributed by atoms with E-state index in [1.54, 1.807) is 19.1 Å². The highest BCUT2D eigenvalue weighted by atomic mass is 16.5. The Morgan fingerprint density at radius 1 is 1.35 bits per heavy atom. The lowest BCUT2D eigenvalue weighted by atomic mass is 10.1. The molecule has 3 nitrogen and oxygen atoms in total. The molecule has 17 heavy (non-hydrogen) atoms. The van der Waals surface area contributed by atoms with E-state index in [0.29, 0.717) is 13.0 Å². The van der Waals surface area contributed by atoms with Crippen LogP contribution in [0.5, 0.6) is 0 Å². The third kappa shape index (κ3) is 5.31. The normalized spacial score (nSPS) is 12.6. The number of esters is 1. The number of carbonyl (C=O) groups is 1. The molecule has 92 valence electrons. The summed E-state index contributed by atoms with van der Waals surface area (Å²) >= 11 is 0. The lowest BCUT2D eigenvalue weighted by Gasteiger charge is -2.07. The highest BCUT2D eigenvalue weighted by Crippen LogP contribution is 2.16. The molecule has 0 aliphatic rings. The van der Waals surface area contributed by atoms with Gasteiger partial charge in [0.1, 0.15) is 0 Å². The van der Waals surface area contributed by atoms with E-state index in [1.807, 2.05) is 30.3 Å². The molecule has 0 unspecified atom stereocenters. The molecule has 0 aliphatic carbocycles. The van der Waals surface area contributed by atoms with Crippen LogP contribution in [0, 0.1) is 0 Å². The third-order valence-corrected chi connectivity index (χ3v) is 2.30. The number of aliphatic hydroxyl groups excluding tert-OH is 1. The first-order chi connectivity index (χ1) is 8.24. The maximum atomic E-state index is 11.0. The Kier molecular flexibility index (Phi) is 6.04. The monoisotopic (exact) mass is 234 g/mol. The van der Waals surface area contributed by atoms with Crippen molar-refractivity contribution >= 4 is 5.97 Å². The molecular weight excluding hydrogens is 216 g/mol. The van der Waals surface area contributed by atoms with Gasteiger partial charge in [0.05, 0.1) is 19.1 Å². The summed E-state index contributed by atoms with van der Waals surface area (Å²) in [4.78, 5) is 11.0. The molecule has 0 amide bonds. The standard InChI is InChI=1S/C14H18O3/c1-2-17-14(16)11-7-6-10-13(15)12-8-4-3-5-9-12/h3-9,13,15H,2,10-11H2,1H3/t13-/m0/s1. The van der Waals surface area contributed by atoms with Crippen molar-refractivity contribution < 1.29 is 14.6 Å². The summed E-state index contributed by atoms with van der Waals surface area (Å²) < 4.78 is 4.78. The fraction of sp³-hybridized carbons (Fsp3) is 0.357. The van der Waals surface area contributed by atoms with E-state index in [-0.39, 0.29) is 12.4 Å². The molecule has 0 saturated heterocycles. The van der Waals surface area contributed by atoms with Crippen LogP contribution in [0.25, 0.3) is 0 Å². The first kappa shape index (κ1) is 13.5. The van der Waals surface area contributed by atoms with Gasteiger partial charge in [-0.1, -0.05) is 42.5 Å². The molecule has 0 heterocycles. The van der Waals surface area contributed by atoms with Gasteiger partial charge in [-0.05, 0) is 18.9 Å². The first-order valence-electron chi connectivity index (χ1n) is 5.77. The minimum absolute atomic E-state index is 0.238. The van der Waals surface area contributed by atoms with Crippen LogP contribution < -0.4 is 0 Å². The fourth-order valence-electron chi connectivity index (χ4n) is 1.44. The Hall–Kier alpha value is -1.61. The lowest BCUT2D eigenvalue weighted by Crippen LogP contribution is -2.01. The average molecular weight is 234 g/mol. The Bertz CT molecular complexity index is 357. The summed E-state index contributed by atoms with van der Waals surface area (Å²) in [6, 6.07) is 9.45. The maximum Gasteiger partial charge on any atom is 0.309 e. The van der Waals surface area contributed by atoms with E-state index < -0.39 is 6.10 Å². The van der Waals surface area contributed by atoms with Gasteiger partial charge in [0.15, 0.2) is 0 Å². The molecule has 1 atom stereocenters. The molecule has 1 rings (SSSR count). The largest absolute Gasteiger partial charge is 0.466 e. The molecule has 1 aromatic carbocycles. The lowest BCUT2D eigenvalue weighted by molar-refractivity contribution is -0.142. The van der Waals surface area contributed by atoms with Crippen LogP contribution in [-0.4, -0.2) is 17.7 Å².